The fourth-order valence-corrected chi connectivity index (χ4v) is 3.95. The molecule has 2 N–H and O–H groups in total. The summed E-state index contributed by atoms with van der Waals surface area (Å²) in [5, 5.41) is 14.9. The van der Waals surface area contributed by atoms with E-state index in [1.165, 1.54) is 0 Å². The zero-order valence-corrected chi connectivity index (χ0v) is 18.3. The SMILES string of the molecule is COc1ncccc1-c1cc(C2CCCN2c2ncc(Cl)c(Nc3cc(C)[nH]n3)n2)on1. The van der Waals surface area contributed by atoms with Gasteiger partial charge in [-0.3, -0.25) is 5.10 Å². The molecule has 0 saturated carbocycles. The Bertz CT molecular complexity index is 1240. The first-order chi connectivity index (χ1) is 15.6. The van der Waals surface area contributed by atoms with Crippen LogP contribution in [0.4, 0.5) is 17.6 Å². The Labute approximate surface area is 189 Å². The Morgan fingerprint density at radius 2 is 2.22 bits per heavy atom. The summed E-state index contributed by atoms with van der Waals surface area (Å²) in [4.78, 5) is 15.4. The van der Waals surface area contributed by atoms with Crippen LogP contribution in [0.5, 0.6) is 5.88 Å². The van der Waals surface area contributed by atoms with Crippen molar-refractivity contribution in [2.45, 2.75) is 25.8 Å². The van der Waals surface area contributed by atoms with Gasteiger partial charge in [0, 0.05) is 30.6 Å². The number of nitrogens with zero attached hydrogens (tertiary/aromatic N) is 6. The molecule has 1 saturated heterocycles. The van der Waals surface area contributed by atoms with E-state index in [9.17, 15) is 0 Å². The summed E-state index contributed by atoms with van der Waals surface area (Å²) >= 11 is 6.32. The second kappa shape index (κ2) is 8.46. The number of halogens is 1. The highest BCUT2D eigenvalue weighted by molar-refractivity contribution is 6.32. The van der Waals surface area contributed by atoms with E-state index >= 15 is 0 Å². The predicted octanol–water partition coefficient (Wildman–Crippen LogP) is 4.31. The van der Waals surface area contributed by atoms with Crippen LogP contribution in [0.3, 0.4) is 0 Å². The second-order valence-electron chi connectivity index (χ2n) is 7.45. The normalized spacial score (nSPS) is 15.8. The van der Waals surface area contributed by atoms with Crippen LogP contribution in [0.2, 0.25) is 5.02 Å². The molecule has 1 aliphatic rings. The maximum absolute atomic E-state index is 6.32. The van der Waals surface area contributed by atoms with Gasteiger partial charge in [0.2, 0.25) is 11.8 Å². The first-order valence-electron chi connectivity index (χ1n) is 10.2. The number of rotatable bonds is 6. The molecule has 4 aromatic rings. The van der Waals surface area contributed by atoms with Crippen LogP contribution < -0.4 is 15.0 Å². The van der Waals surface area contributed by atoms with E-state index in [-0.39, 0.29) is 6.04 Å². The molecule has 5 heterocycles. The number of pyridine rings is 1. The molecule has 0 amide bonds. The maximum atomic E-state index is 6.32. The summed E-state index contributed by atoms with van der Waals surface area (Å²) < 4.78 is 11.1. The number of methoxy groups -OCH3 is 1. The Hall–Kier alpha value is -3.66. The van der Waals surface area contributed by atoms with Crippen molar-refractivity contribution in [1.29, 1.82) is 0 Å². The summed E-state index contributed by atoms with van der Waals surface area (Å²) in [6, 6.07) is 7.49. The van der Waals surface area contributed by atoms with Crippen LogP contribution in [-0.4, -0.2) is 44.0 Å². The molecule has 1 atom stereocenters. The number of ether oxygens (including phenoxy) is 1. The molecule has 0 aromatic carbocycles. The molecule has 1 unspecified atom stereocenters. The van der Waals surface area contributed by atoms with E-state index in [0.29, 0.717) is 34.2 Å². The van der Waals surface area contributed by atoms with Crippen LogP contribution in [0.15, 0.2) is 41.2 Å². The Morgan fingerprint density at radius 1 is 1.31 bits per heavy atom. The van der Waals surface area contributed by atoms with Gasteiger partial charge in [-0.15, -0.1) is 0 Å². The summed E-state index contributed by atoms with van der Waals surface area (Å²) in [6.07, 6.45) is 5.14. The van der Waals surface area contributed by atoms with Gasteiger partial charge in [-0.25, -0.2) is 9.97 Å². The molecule has 32 heavy (non-hydrogen) atoms. The van der Waals surface area contributed by atoms with Crippen molar-refractivity contribution < 1.29 is 9.26 Å². The third-order valence-corrected chi connectivity index (χ3v) is 5.57. The maximum Gasteiger partial charge on any atom is 0.228 e. The van der Waals surface area contributed by atoms with Gasteiger partial charge in [0.25, 0.3) is 0 Å². The largest absolute Gasteiger partial charge is 0.481 e. The number of anilines is 3. The van der Waals surface area contributed by atoms with Crippen LogP contribution in [0.1, 0.15) is 30.3 Å². The standard InChI is InChI=1S/C21H21ClN8O2/c1-12-9-18(28-27-12)25-19-14(22)11-24-21(26-19)30-8-4-6-16(30)17-10-15(29-32-17)13-5-3-7-23-20(13)31-2/h3,5,7,9-11,16H,4,6,8H2,1-2H3,(H2,24,25,26,27,28). The van der Waals surface area contributed by atoms with Gasteiger partial charge >= 0.3 is 0 Å². The van der Waals surface area contributed by atoms with Crippen molar-refractivity contribution in [2.24, 2.45) is 0 Å². The molecular formula is C21H21ClN8O2. The molecule has 0 aliphatic carbocycles. The summed E-state index contributed by atoms with van der Waals surface area (Å²) in [5.41, 5.74) is 2.38. The molecule has 1 fully saturated rings. The molecule has 10 nitrogen and oxygen atoms in total. The van der Waals surface area contributed by atoms with Gasteiger partial charge in [0.05, 0.1) is 24.9 Å². The second-order valence-corrected chi connectivity index (χ2v) is 7.86. The average Bonchev–Trinajstić information content (AvgIpc) is 3.56. The molecule has 0 radical (unpaired) electrons. The zero-order valence-electron chi connectivity index (χ0n) is 17.5. The average molecular weight is 453 g/mol. The first-order valence-corrected chi connectivity index (χ1v) is 10.5. The van der Waals surface area contributed by atoms with Gasteiger partial charge in [0.15, 0.2) is 17.4 Å². The fourth-order valence-electron chi connectivity index (χ4n) is 3.81. The molecule has 4 aromatic heterocycles. The number of aryl methyl sites for hydroxylation is 1. The topological polar surface area (TPSA) is 118 Å². The van der Waals surface area contributed by atoms with Crippen molar-refractivity contribution in [2.75, 3.05) is 23.9 Å². The summed E-state index contributed by atoms with van der Waals surface area (Å²) in [7, 11) is 1.58. The number of hydrogen-bond donors (Lipinski definition) is 2. The lowest BCUT2D eigenvalue weighted by Crippen LogP contribution is -2.24. The Balaban J connectivity index is 1.42. The highest BCUT2D eigenvalue weighted by Crippen LogP contribution is 2.38. The minimum atomic E-state index is -0.0411. The lowest BCUT2D eigenvalue weighted by atomic mass is 10.1. The van der Waals surface area contributed by atoms with Gasteiger partial charge in [0.1, 0.15) is 10.7 Å². The fraction of sp³-hybridized carbons (Fsp3) is 0.286. The van der Waals surface area contributed by atoms with Crippen molar-refractivity contribution in [3.63, 3.8) is 0 Å². The van der Waals surface area contributed by atoms with Gasteiger partial charge in [-0.2, -0.15) is 10.1 Å². The highest BCUT2D eigenvalue weighted by Gasteiger charge is 2.32. The van der Waals surface area contributed by atoms with E-state index < -0.39 is 0 Å². The molecule has 164 valence electrons. The van der Waals surface area contributed by atoms with Gasteiger partial charge in [-0.05, 0) is 31.9 Å². The number of hydrogen-bond acceptors (Lipinski definition) is 9. The number of aromatic nitrogens is 6. The lowest BCUT2D eigenvalue weighted by Gasteiger charge is -2.23. The van der Waals surface area contributed by atoms with Crippen LogP contribution in [-0.2, 0) is 0 Å². The quantitative estimate of drug-likeness (QED) is 0.441. The first kappa shape index (κ1) is 20.3. The molecule has 1 aliphatic heterocycles. The molecule has 5 rings (SSSR count). The van der Waals surface area contributed by atoms with E-state index in [0.717, 1.165) is 36.4 Å². The van der Waals surface area contributed by atoms with Crippen LogP contribution >= 0.6 is 11.6 Å². The molecule has 11 heteroatoms. The van der Waals surface area contributed by atoms with Crippen molar-refractivity contribution in [3.8, 4) is 17.1 Å². The van der Waals surface area contributed by atoms with Gasteiger partial charge in [-0.1, -0.05) is 16.8 Å². The van der Waals surface area contributed by atoms with Crippen LogP contribution in [0, 0.1) is 6.92 Å². The smallest absolute Gasteiger partial charge is 0.228 e. The van der Waals surface area contributed by atoms with E-state index in [1.54, 1.807) is 19.5 Å². The Morgan fingerprint density at radius 3 is 3.03 bits per heavy atom. The third-order valence-electron chi connectivity index (χ3n) is 5.29. The van der Waals surface area contributed by atoms with Gasteiger partial charge < -0.3 is 19.5 Å². The molecule has 0 spiro atoms. The van der Waals surface area contributed by atoms with Crippen molar-refractivity contribution >= 4 is 29.2 Å². The minimum Gasteiger partial charge on any atom is -0.481 e. The highest BCUT2D eigenvalue weighted by atomic mass is 35.5. The third kappa shape index (κ3) is 3.84. The van der Waals surface area contributed by atoms with Crippen molar-refractivity contribution in [1.82, 2.24) is 30.3 Å². The molecule has 0 bridgehead atoms. The number of H-pyrrole nitrogens is 1. The predicted molar refractivity (Wildman–Crippen MR) is 119 cm³/mol. The van der Waals surface area contributed by atoms with E-state index in [2.05, 4.69) is 40.5 Å². The minimum absolute atomic E-state index is 0.0411. The van der Waals surface area contributed by atoms with Crippen LogP contribution in [0.25, 0.3) is 11.3 Å². The number of nitrogens with one attached hydrogen (secondary N) is 2. The lowest BCUT2D eigenvalue weighted by molar-refractivity contribution is 0.361. The Kier molecular flexibility index (Phi) is 5.36. The van der Waals surface area contributed by atoms with E-state index in [1.807, 2.05) is 31.2 Å². The van der Waals surface area contributed by atoms with Crippen molar-refractivity contribution in [3.05, 3.63) is 53.1 Å². The summed E-state index contributed by atoms with van der Waals surface area (Å²) in [6.45, 7) is 2.71. The van der Waals surface area contributed by atoms with E-state index in [4.69, 9.17) is 20.9 Å². The zero-order chi connectivity index (χ0) is 22.1. The summed E-state index contributed by atoms with van der Waals surface area (Å²) in [5.74, 6) is 2.92. The monoisotopic (exact) mass is 452 g/mol. The molecular weight excluding hydrogens is 432 g/mol. The number of aromatic amines is 1.